The van der Waals surface area contributed by atoms with Crippen LogP contribution in [-0.4, -0.2) is 67.7 Å². The zero-order valence-corrected chi connectivity index (χ0v) is 20.0. The maximum Gasteiger partial charge on any atom is 0.252 e. The molecule has 9 heteroatoms. The summed E-state index contributed by atoms with van der Waals surface area (Å²) in [5.41, 5.74) is 1.28. The quantitative estimate of drug-likeness (QED) is 0.617. The molecule has 6 nitrogen and oxygen atoms in total. The van der Waals surface area contributed by atoms with Crippen LogP contribution in [0.15, 0.2) is 50.5 Å². The third-order valence-corrected chi connectivity index (χ3v) is 9.77. The topological polar surface area (TPSA) is 60.9 Å². The van der Waals surface area contributed by atoms with Crippen molar-refractivity contribution >= 4 is 43.2 Å². The normalized spacial score (nSPS) is 21.6. The predicted molar refractivity (Wildman–Crippen MR) is 122 cm³/mol. The highest BCUT2D eigenvalue weighted by molar-refractivity contribution is 9.11. The number of piperidine rings is 1. The molecule has 4 rings (SSSR count). The van der Waals surface area contributed by atoms with Gasteiger partial charge in [0.15, 0.2) is 0 Å². The molecule has 2 aromatic rings. The van der Waals surface area contributed by atoms with Gasteiger partial charge in [0.2, 0.25) is 5.91 Å². The number of rotatable bonds is 5. The van der Waals surface area contributed by atoms with Gasteiger partial charge in [0.05, 0.1) is 9.70 Å². The molecule has 2 aliphatic heterocycles. The molecule has 1 amide bonds. The molecule has 2 fully saturated rings. The zero-order chi connectivity index (χ0) is 21.1. The second-order valence-electron chi connectivity index (χ2n) is 7.85. The summed E-state index contributed by atoms with van der Waals surface area (Å²) in [5.74, 6) is -0.153. The number of nitrogens with zero attached hydrogens (tertiary/aromatic N) is 3. The number of thiophene rings is 1. The molecule has 0 radical (unpaired) electrons. The van der Waals surface area contributed by atoms with Gasteiger partial charge in [-0.25, -0.2) is 8.42 Å². The van der Waals surface area contributed by atoms with Crippen LogP contribution in [-0.2, 0) is 21.4 Å². The fourth-order valence-electron chi connectivity index (χ4n) is 4.15. The monoisotopic (exact) mass is 511 g/mol. The van der Waals surface area contributed by atoms with Crippen LogP contribution in [0.3, 0.4) is 0 Å². The molecule has 0 bridgehead atoms. The Morgan fingerprint density at radius 2 is 1.77 bits per heavy atom. The number of piperazine rings is 1. The van der Waals surface area contributed by atoms with Crippen LogP contribution >= 0.6 is 27.3 Å². The number of carbonyl (C=O) groups is 1. The van der Waals surface area contributed by atoms with Crippen LogP contribution in [0.25, 0.3) is 0 Å². The second kappa shape index (κ2) is 9.48. The van der Waals surface area contributed by atoms with Crippen molar-refractivity contribution in [3.8, 4) is 0 Å². The van der Waals surface area contributed by atoms with Gasteiger partial charge in [-0.2, -0.15) is 4.31 Å². The minimum Gasteiger partial charge on any atom is -0.340 e. The van der Waals surface area contributed by atoms with E-state index in [1.54, 1.807) is 12.1 Å². The Morgan fingerprint density at radius 1 is 1.03 bits per heavy atom. The Bertz CT molecular complexity index is 972. The number of sulfonamides is 1. The zero-order valence-electron chi connectivity index (χ0n) is 16.7. The number of benzene rings is 1. The minimum atomic E-state index is -3.54. The number of carbonyl (C=O) groups excluding carboxylic acids is 1. The third kappa shape index (κ3) is 4.96. The first-order valence-corrected chi connectivity index (χ1v) is 13.3. The Hall–Kier alpha value is -1.26. The van der Waals surface area contributed by atoms with Crippen molar-refractivity contribution in [3.63, 3.8) is 0 Å². The molecule has 1 atom stereocenters. The molecule has 2 saturated heterocycles. The SMILES string of the molecule is O=C(C1CCCN(S(=O)(=O)c2ccc(Br)s2)C1)N1CCN(Cc2ccccc2)CC1. The van der Waals surface area contributed by atoms with Crippen molar-refractivity contribution in [2.75, 3.05) is 39.3 Å². The molecule has 0 saturated carbocycles. The van der Waals surface area contributed by atoms with Crippen LogP contribution in [0.5, 0.6) is 0 Å². The van der Waals surface area contributed by atoms with E-state index in [-0.39, 0.29) is 18.4 Å². The molecule has 0 aliphatic carbocycles. The van der Waals surface area contributed by atoms with E-state index in [4.69, 9.17) is 0 Å². The first-order chi connectivity index (χ1) is 14.4. The lowest BCUT2D eigenvalue weighted by atomic mass is 9.97. The summed E-state index contributed by atoms with van der Waals surface area (Å²) in [6.45, 7) is 4.75. The second-order valence-corrected chi connectivity index (χ2v) is 12.5. The first-order valence-electron chi connectivity index (χ1n) is 10.2. The van der Waals surface area contributed by atoms with Crippen LogP contribution < -0.4 is 0 Å². The fourth-order valence-corrected chi connectivity index (χ4v) is 7.84. The molecule has 162 valence electrons. The molecule has 30 heavy (non-hydrogen) atoms. The van der Waals surface area contributed by atoms with Gasteiger partial charge < -0.3 is 4.90 Å². The van der Waals surface area contributed by atoms with E-state index in [2.05, 4.69) is 33.0 Å². The summed E-state index contributed by atoms with van der Waals surface area (Å²) >= 11 is 4.55. The Morgan fingerprint density at radius 3 is 2.43 bits per heavy atom. The van der Waals surface area contributed by atoms with Crippen molar-refractivity contribution in [1.82, 2.24) is 14.1 Å². The number of hydrogen-bond acceptors (Lipinski definition) is 5. The largest absolute Gasteiger partial charge is 0.340 e. The molecule has 1 aromatic carbocycles. The van der Waals surface area contributed by atoms with Crippen LogP contribution in [0, 0.1) is 5.92 Å². The Kier molecular flexibility index (Phi) is 6.94. The van der Waals surface area contributed by atoms with Gasteiger partial charge in [-0.15, -0.1) is 11.3 Å². The third-order valence-electron chi connectivity index (χ3n) is 5.81. The fraction of sp³-hybridized carbons (Fsp3) is 0.476. The summed E-state index contributed by atoms with van der Waals surface area (Å²) in [4.78, 5) is 17.4. The highest BCUT2D eigenvalue weighted by atomic mass is 79.9. The minimum absolute atomic E-state index is 0.0987. The average Bonchev–Trinajstić information content (AvgIpc) is 3.22. The van der Waals surface area contributed by atoms with Gasteiger partial charge in [0, 0.05) is 45.8 Å². The molecule has 1 aromatic heterocycles. The molecule has 0 N–H and O–H groups in total. The number of halogens is 1. The highest BCUT2D eigenvalue weighted by Crippen LogP contribution is 2.31. The standard InChI is InChI=1S/C21H26BrN3O3S2/c22-19-8-9-20(29-19)30(27,28)25-10-4-7-18(16-25)21(26)24-13-11-23(12-14-24)15-17-5-2-1-3-6-17/h1-3,5-6,8-9,18H,4,7,10-16H2. The van der Waals surface area contributed by atoms with Gasteiger partial charge >= 0.3 is 0 Å². The molecular weight excluding hydrogens is 486 g/mol. The van der Waals surface area contributed by atoms with E-state index < -0.39 is 10.0 Å². The molecule has 1 unspecified atom stereocenters. The van der Waals surface area contributed by atoms with E-state index in [0.29, 0.717) is 23.8 Å². The first kappa shape index (κ1) is 22.0. The van der Waals surface area contributed by atoms with Crippen molar-refractivity contribution in [3.05, 3.63) is 51.8 Å². The summed E-state index contributed by atoms with van der Waals surface area (Å²) in [6, 6.07) is 13.7. The molecule has 3 heterocycles. The maximum absolute atomic E-state index is 13.1. The summed E-state index contributed by atoms with van der Waals surface area (Å²) in [5, 5.41) is 0. The molecule has 2 aliphatic rings. The lowest BCUT2D eigenvalue weighted by molar-refractivity contribution is -0.138. The van der Waals surface area contributed by atoms with Gasteiger partial charge in [0.25, 0.3) is 10.0 Å². The molecular formula is C21H26BrN3O3S2. The maximum atomic E-state index is 13.1. The van der Waals surface area contributed by atoms with Crippen molar-refractivity contribution < 1.29 is 13.2 Å². The van der Waals surface area contributed by atoms with E-state index in [0.717, 1.165) is 36.3 Å². The predicted octanol–water partition coefficient (Wildman–Crippen LogP) is 3.26. The van der Waals surface area contributed by atoms with Crippen LogP contribution in [0.1, 0.15) is 18.4 Å². The Labute approximate surface area is 190 Å². The van der Waals surface area contributed by atoms with Gasteiger partial charge in [-0.05, 0) is 46.5 Å². The summed E-state index contributed by atoms with van der Waals surface area (Å²) in [6.07, 6.45) is 1.47. The Balaban J connectivity index is 1.34. The highest BCUT2D eigenvalue weighted by Gasteiger charge is 2.36. The number of hydrogen-bond donors (Lipinski definition) is 0. The summed E-state index contributed by atoms with van der Waals surface area (Å²) in [7, 11) is -3.54. The van der Waals surface area contributed by atoms with E-state index >= 15 is 0 Å². The van der Waals surface area contributed by atoms with E-state index in [9.17, 15) is 13.2 Å². The lowest BCUT2D eigenvalue weighted by Gasteiger charge is -2.38. The average molecular weight is 512 g/mol. The molecule has 0 spiro atoms. The van der Waals surface area contributed by atoms with Gasteiger partial charge in [-0.3, -0.25) is 9.69 Å². The van der Waals surface area contributed by atoms with Gasteiger partial charge in [-0.1, -0.05) is 30.3 Å². The smallest absolute Gasteiger partial charge is 0.252 e. The van der Waals surface area contributed by atoms with E-state index in [1.807, 2.05) is 23.1 Å². The van der Waals surface area contributed by atoms with Crippen LogP contribution in [0.4, 0.5) is 0 Å². The number of amides is 1. The summed E-state index contributed by atoms with van der Waals surface area (Å²) < 4.78 is 28.5. The van der Waals surface area contributed by atoms with Crippen molar-refractivity contribution in [1.29, 1.82) is 0 Å². The van der Waals surface area contributed by atoms with E-state index in [1.165, 1.54) is 21.2 Å². The van der Waals surface area contributed by atoms with Gasteiger partial charge in [0.1, 0.15) is 4.21 Å². The van der Waals surface area contributed by atoms with Crippen LogP contribution in [0.2, 0.25) is 0 Å². The van der Waals surface area contributed by atoms with Crippen molar-refractivity contribution in [2.45, 2.75) is 23.6 Å². The lowest BCUT2D eigenvalue weighted by Crippen LogP contribution is -2.52. The van der Waals surface area contributed by atoms with Crippen molar-refractivity contribution in [2.24, 2.45) is 5.92 Å².